The van der Waals surface area contributed by atoms with Crippen LogP contribution in [0.3, 0.4) is 0 Å². The van der Waals surface area contributed by atoms with E-state index in [2.05, 4.69) is 16.0 Å². The van der Waals surface area contributed by atoms with Crippen LogP contribution in [-0.2, 0) is 9.59 Å². The van der Waals surface area contributed by atoms with Crippen LogP contribution in [0.5, 0.6) is 11.5 Å². The molecule has 0 spiro atoms. The molecule has 3 rings (SSSR count). The van der Waals surface area contributed by atoms with Gasteiger partial charge in [-0.25, -0.2) is 4.79 Å². The lowest BCUT2D eigenvalue weighted by molar-refractivity contribution is -0.130. The number of nitrogens with one attached hydrogen (secondary N) is 3. The largest absolute Gasteiger partial charge is 0.497 e. The maximum absolute atomic E-state index is 12.8. The zero-order valence-electron chi connectivity index (χ0n) is 17.1. The van der Waals surface area contributed by atoms with E-state index in [0.717, 1.165) is 0 Å². The van der Waals surface area contributed by atoms with Crippen molar-refractivity contribution < 1.29 is 23.9 Å². The minimum Gasteiger partial charge on any atom is -0.497 e. The molecule has 31 heavy (non-hydrogen) atoms. The Morgan fingerprint density at radius 2 is 1.97 bits per heavy atom. The summed E-state index contributed by atoms with van der Waals surface area (Å²) in [5, 5.41) is 8.60. The summed E-state index contributed by atoms with van der Waals surface area (Å²) in [6.07, 6.45) is -0.227. The molecule has 1 atom stereocenters. The second-order valence-electron chi connectivity index (χ2n) is 6.76. The van der Waals surface area contributed by atoms with E-state index in [4.69, 9.17) is 21.1 Å². The molecule has 1 aliphatic rings. The first-order valence-corrected chi connectivity index (χ1v) is 9.92. The molecule has 164 valence electrons. The van der Waals surface area contributed by atoms with E-state index in [1.165, 1.54) is 19.1 Å². The van der Waals surface area contributed by atoms with Crippen molar-refractivity contribution in [3.63, 3.8) is 0 Å². The van der Waals surface area contributed by atoms with Crippen LogP contribution in [0.4, 0.5) is 16.2 Å². The Balaban J connectivity index is 1.72. The minimum absolute atomic E-state index is 0.227. The molecule has 3 N–H and O–H groups in total. The number of nitrogens with zero attached hydrogens (tertiary/aromatic N) is 1. The van der Waals surface area contributed by atoms with Crippen molar-refractivity contribution in [1.82, 2.24) is 10.2 Å². The number of hydrogen-bond acceptors (Lipinski definition) is 5. The lowest BCUT2D eigenvalue weighted by Gasteiger charge is -2.34. The lowest BCUT2D eigenvalue weighted by atomic mass is 10.1. The van der Waals surface area contributed by atoms with Crippen LogP contribution in [0.1, 0.15) is 6.42 Å². The van der Waals surface area contributed by atoms with Gasteiger partial charge in [0.1, 0.15) is 17.5 Å². The summed E-state index contributed by atoms with van der Waals surface area (Å²) in [7, 11) is 2.99. The van der Waals surface area contributed by atoms with Gasteiger partial charge in [-0.1, -0.05) is 17.7 Å². The van der Waals surface area contributed by atoms with Crippen molar-refractivity contribution in [2.24, 2.45) is 0 Å². The molecule has 0 aliphatic carbocycles. The monoisotopic (exact) mass is 446 g/mol. The van der Waals surface area contributed by atoms with E-state index in [1.54, 1.807) is 42.5 Å². The number of anilines is 2. The number of carbonyl (C=O) groups is 3. The molecule has 0 aromatic heterocycles. The van der Waals surface area contributed by atoms with E-state index < -0.39 is 23.9 Å². The first kappa shape index (κ1) is 22.2. The molecule has 0 radical (unpaired) electrons. The molecule has 4 amide bonds. The second kappa shape index (κ2) is 10.0. The van der Waals surface area contributed by atoms with Gasteiger partial charge in [0.25, 0.3) is 0 Å². The average molecular weight is 447 g/mol. The lowest BCUT2D eigenvalue weighted by Crippen LogP contribution is -2.59. The number of urea groups is 1. The minimum atomic E-state index is -0.968. The number of benzene rings is 2. The molecule has 10 heteroatoms. The Morgan fingerprint density at radius 1 is 1.16 bits per heavy atom. The average Bonchev–Trinajstić information content (AvgIpc) is 2.75. The maximum Gasteiger partial charge on any atom is 0.322 e. The van der Waals surface area contributed by atoms with Crippen molar-refractivity contribution in [2.45, 2.75) is 12.5 Å². The third-order valence-electron chi connectivity index (χ3n) is 4.73. The van der Waals surface area contributed by atoms with Gasteiger partial charge in [0.15, 0.2) is 0 Å². The van der Waals surface area contributed by atoms with Crippen molar-refractivity contribution in [2.75, 3.05) is 37.9 Å². The number of halogens is 1. The Kier molecular flexibility index (Phi) is 7.19. The molecule has 9 nitrogen and oxygen atoms in total. The van der Waals surface area contributed by atoms with Crippen molar-refractivity contribution in [3.05, 3.63) is 47.5 Å². The molecule has 0 saturated carbocycles. The van der Waals surface area contributed by atoms with Crippen LogP contribution >= 0.6 is 11.6 Å². The number of carbonyl (C=O) groups excluding carboxylic acids is 3. The molecular weight excluding hydrogens is 424 g/mol. The summed E-state index contributed by atoms with van der Waals surface area (Å²) in [4.78, 5) is 39.3. The molecule has 0 bridgehead atoms. The van der Waals surface area contributed by atoms with E-state index in [-0.39, 0.29) is 13.0 Å². The number of methoxy groups -OCH3 is 2. The molecule has 0 unspecified atom stereocenters. The van der Waals surface area contributed by atoms with Crippen molar-refractivity contribution in [3.8, 4) is 11.5 Å². The first-order chi connectivity index (χ1) is 14.9. The Bertz CT molecular complexity index is 984. The fourth-order valence-corrected chi connectivity index (χ4v) is 3.40. The summed E-state index contributed by atoms with van der Waals surface area (Å²) in [6.45, 7) is 0.558. The number of amides is 4. The van der Waals surface area contributed by atoms with Gasteiger partial charge >= 0.3 is 6.03 Å². The quantitative estimate of drug-likeness (QED) is 0.632. The Labute approximate surface area is 184 Å². The molecular formula is C21H23ClN4O5. The van der Waals surface area contributed by atoms with Crippen LogP contribution < -0.4 is 25.4 Å². The molecule has 1 saturated heterocycles. The highest BCUT2D eigenvalue weighted by Crippen LogP contribution is 2.29. The predicted octanol–water partition coefficient (Wildman–Crippen LogP) is 2.72. The second-order valence-corrected chi connectivity index (χ2v) is 7.20. The highest BCUT2D eigenvalue weighted by molar-refractivity contribution is 6.30. The summed E-state index contributed by atoms with van der Waals surface area (Å²) in [5.41, 5.74) is 0.894. The van der Waals surface area contributed by atoms with Crippen LogP contribution in [0.2, 0.25) is 5.02 Å². The maximum atomic E-state index is 12.8. The third kappa shape index (κ3) is 5.58. The topological polar surface area (TPSA) is 109 Å². The molecule has 1 fully saturated rings. The molecule has 1 aliphatic heterocycles. The van der Waals surface area contributed by atoms with E-state index in [9.17, 15) is 14.4 Å². The molecule has 2 aromatic carbocycles. The van der Waals surface area contributed by atoms with Crippen LogP contribution in [0.25, 0.3) is 0 Å². The van der Waals surface area contributed by atoms with Gasteiger partial charge in [-0.2, -0.15) is 0 Å². The summed E-state index contributed by atoms with van der Waals surface area (Å²) in [5.74, 6) is 0.126. The zero-order valence-corrected chi connectivity index (χ0v) is 17.9. The Hall–Kier alpha value is -3.46. The van der Waals surface area contributed by atoms with Crippen LogP contribution in [0, 0.1) is 0 Å². The number of hydrogen-bond donors (Lipinski definition) is 3. The van der Waals surface area contributed by atoms with Crippen molar-refractivity contribution >= 4 is 40.8 Å². The van der Waals surface area contributed by atoms with Crippen molar-refractivity contribution in [1.29, 1.82) is 0 Å². The third-order valence-corrected chi connectivity index (χ3v) is 4.96. The number of piperazine rings is 1. The summed E-state index contributed by atoms with van der Waals surface area (Å²) < 4.78 is 10.4. The smallest absolute Gasteiger partial charge is 0.322 e. The van der Waals surface area contributed by atoms with Gasteiger partial charge in [-0.05, 0) is 30.3 Å². The van der Waals surface area contributed by atoms with Gasteiger partial charge in [0.05, 0.1) is 26.3 Å². The SMILES string of the molecule is COc1ccc(OC)c(NC(=O)C[C@@H]2C(=O)NCCN2C(=O)Nc2cccc(Cl)c2)c1. The number of ether oxygens (including phenoxy) is 2. The highest BCUT2D eigenvalue weighted by Gasteiger charge is 2.35. The fourth-order valence-electron chi connectivity index (χ4n) is 3.21. The number of rotatable bonds is 6. The standard InChI is InChI=1S/C21H23ClN4O5/c1-30-15-6-7-18(31-2)16(11-15)25-19(27)12-17-20(28)23-8-9-26(17)21(29)24-14-5-3-4-13(22)10-14/h3-7,10-11,17H,8-9,12H2,1-2H3,(H,23,28)(H,24,29)(H,25,27)/t17-/m1/s1. The molecule has 1 heterocycles. The Morgan fingerprint density at radius 3 is 2.68 bits per heavy atom. The van der Waals surface area contributed by atoms with Gasteiger partial charge in [-0.15, -0.1) is 0 Å². The van der Waals surface area contributed by atoms with Gasteiger partial charge in [0.2, 0.25) is 11.8 Å². The molecule has 2 aromatic rings. The van der Waals surface area contributed by atoms with E-state index >= 15 is 0 Å². The summed E-state index contributed by atoms with van der Waals surface area (Å²) in [6, 6.07) is 10.2. The van der Waals surface area contributed by atoms with Crippen LogP contribution in [-0.4, -0.2) is 56.1 Å². The first-order valence-electron chi connectivity index (χ1n) is 9.54. The van der Waals surface area contributed by atoms with Gasteiger partial charge in [-0.3, -0.25) is 9.59 Å². The summed E-state index contributed by atoms with van der Waals surface area (Å²) >= 11 is 5.96. The van der Waals surface area contributed by atoms with Gasteiger partial charge < -0.3 is 30.3 Å². The van der Waals surface area contributed by atoms with Gasteiger partial charge in [0, 0.05) is 29.9 Å². The van der Waals surface area contributed by atoms with E-state index in [1.807, 2.05) is 0 Å². The fraction of sp³-hybridized carbons (Fsp3) is 0.286. The normalized spacial score (nSPS) is 15.6. The van der Waals surface area contributed by atoms with Crippen LogP contribution in [0.15, 0.2) is 42.5 Å². The highest BCUT2D eigenvalue weighted by atomic mass is 35.5. The zero-order chi connectivity index (χ0) is 22.4. The predicted molar refractivity (Wildman–Crippen MR) is 117 cm³/mol. The van der Waals surface area contributed by atoms with E-state index in [0.29, 0.717) is 34.4 Å².